The molecule has 4 nitrogen and oxygen atoms in total. The minimum absolute atomic E-state index is 0.114. The van der Waals surface area contributed by atoms with Crippen molar-refractivity contribution in [3.63, 3.8) is 0 Å². The molecule has 0 spiro atoms. The lowest BCUT2D eigenvalue weighted by Gasteiger charge is -2.60. The molecule has 1 aliphatic heterocycles. The third kappa shape index (κ3) is 2.52. The Kier molecular flexibility index (Phi) is 3.88. The van der Waals surface area contributed by atoms with Crippen molar-refractivity contribution in [1.82, 2.24) is 9.78 Å². The lowest BCUT2D eigenvalue weighted by Crippen LogP contribution is -2.58. The maximum Gasteiger partial charge on any atom is 0.155 e. The van der Waals surface area contributed by atoms with Crippen LogP contribution in [-0.2, 0) is 11.2 Å². The Bertz CT molecular complexity index is 1040. The van der Waals surface area contributed by atoms with Crippen molar-refractivity contribution in [2.45, 2.75) is 64.3 Å². The van der Waals surface area contributed by atoms with Crippen molar-refractivity contribution >= 4 is 11.6 Å². The first-order valence-electron chi connectivity index (χ1n) is 11.6. The van der Waals surface area contributed by atoms with Crippen LogP contribution in [0.1, 0.15) is 57.9 Å². The van der Waals surface area contributed by atoms with Crippen LogP contribution in [0.15, 0.2) is 48.2 Å². The molecule has 2 aromatic rings. The lowest BCUT2D eigenvalue weighted by atomic mass is 9.47. The number of hydrogen-bond acceptors (Lipinski definition) is 3. The summed E-state index contributed by atoms with van der Waals surface area (Å²) in [5.41, 5.74) is 4.26. The average Bonchev–Trinajstić information content (AvgIpc) is 3.15. The molecule has 5 atom stereocenters. The molecule has 2 fully saturated rings. The van der Waals surface area contributed by atoms with Gasteiger partial charge in [-0.25, -0.2) is 4.68 Å². The van der Waals surface area contributed by atoms with Gasteiger partial charge in [-0.2, -0.15) is 5.10 Å². The number of hydrogen-bond donors (Lipinski definition) is 1. The van der Waals surface area contributed by atoms with Gasteiger partial charge in [-0.3, -0.25) is 4.79 Å². The molecule has 2 saturated carbocycles. The molecule has 1 aromatic carbocycles. The van der Waals surface area contributed by atoms with Crippen LogP contribution >= 0.6 is 0 Å². The molecular weight excluding hydrogens is 370 g/mol. The number of rotatable bonds is 1. The van der Waals surface area contributed by atoms with Gasteiger partial charge in [0.25, 0.3) is 0 Å². The van der Waals surface area contributed by atoms with Crippen molar-refractivity contribution in [3.8, 4) is 5.69 Å². The lowest BCUT2D eigenvalue weighted by molar-refractivity contribution is -0.117. The van der Waals surface area contributed by atoms with Crippen LogP contribution in [0.5, 0.6) is 0 Å². The van der Waals surface area contributed by atoms with Crippen LogP contribution in [0.25, 0.3) is 5.69 Å². The smallest absolute Gasteiger partial charge is 0.155 e. The highest BCUT2D eigenvalue weighted by atomic mass is 16.1. The van der Waals surface area contributed by atoms with Crippen molar-refractivity contribution in [2.75, 3.05) is 5.32 Å². The second kappa shape index (κ2) is 6.32. The summed E-state index contributed by atoms with van der Waals surface area (Å²) in [6.07, 6.45) is 11.7. The minimum atomic E-state index is 0.114. The third-order valence-electron chi connectivity index (χ3n) is 9.04. The summed E-state index contributed by atoms with van der Waals surface area (Å²) < 4.78 is 2.08. The summed E-state index contributed by atoms with van der Waals surface area (Å²) >= 11 is 0. The molecule has 156 valence electrons. The Morgan fingerprint density at radius 2 is 1.90 bits per heavy atom. The summed E-state index contributed by atoms with van der Waals surface area (Å²) in [6.45, 7) is 4.90. The topological polar surface area (TPSA) is 46.9 Å². The van der Waals surface area contributed by atoms with E-state index in [9.17, 15) is 4.79 Å². The van der Waals surface area contributed by atoms with Gasteiger partial charge in [-0.1, -0.05) is 30.7 Å². The molecule has 0 radical (unpaired) electrons. The van der Waals surface area contributed by atoms with E-state index in [-0.39, 0.29) is 11.0 Å². The van der Waals surface area contributed by atoms with Gasteiger partial charge in [0.05, 0.1) is 11.9 Å². The van der Waals surface area contributed by atoms with Gasteiger partial charge in [0, 0.05) is 17.5 Å². The van der Waals surface area contributed by atoms with E-state index >= 15 is 0 Å². The van der Waals surface area contributed by atoms with Gasteiger partial charge < -0.3 is 5.32 Å². The zero-order valence-electron chi connectivity index (χ0n) is 18.0. The Hall–Kier alpha value is -2.36. The SMILES string of the molecule is C[C@]12CCC(=O)C=C1CC[C@@H]1C2CC[C@]2(C)Nc3c(cnn3-c3ccccc3)CC12. The predicted octanol–water partition coefficient (Wildman–Crippen LogP) is 5.33. The first kappa shape index (κ1) is 18.4. The maximum absolute atomic E-state index is 12.1. The largest absolute Gasteiger partial charge is 0.364 e. The highest BCUT2D eigenvalue weighted by Gasteiger charge is 2.56. The molecule has 3 aliphatic carbocycles. The summed E-state index contributed by atoms with van der Waals surface area (Å²) in [6, 6.07) is 10.5. The zero-order valence-corrected chi connectivity index (χ0v) is 18.0. The molecule has 6 rings (SSSR count). The van der Waals surface area contributed by atoms with Crippen LogP contribution in [0.2, 0.25) is 0 Å². The van der Waals surface area contributed by atoms with Gasteiger partial charge in [0.2, 0.25) is 0 Å². The van der Waals surface area contributed by atoms with E-state index in [0.717, 1.165) is 37.3 Å². The summed E-state index contributed by atoms with van der Waals surface area (Å²) in [4.78, 5) is 12.1. The van der Waals surface area contributed by atoms with Crippen molar-refractivity contribution in [1.29, 1.82) is 0 Å². The second-order valence-electron chi connectivity index (χ2n) is 10.5. The molecule has 2 unspecified atom stereocenters. The number of fused-ring (bicyclic) bond motifs is 6. The van der Waals surface area contributed by atoms with Crippen LogP contribution in [0.4, 0.5) is 5.82 Å². The molecule has 4 aliphatic rings. The number of benzene rings is 1. The van der Waals surface area contributed by atoms with Crippen LogP contribution in [0, 0.1) is 23.2 Å². The van der Waals surface area contributed by atoms with E-state index in [1.165, 1.54) is 36.2 Å². The average molecular weight is 402 g/mol. The van der Waals surface area contributed by atoms with E-state index in [1.807, 2.05) is 6.08 Å². The van der Waals surface area contributed by atoms with E-state index in [0.29, 0.717) is 17.6 Å². The molecule has 1 aromatic heterocycles. The maximum atomic E-state index is 12.1. The number of aromatic nitrogens is 2. The third-order valence-corrected chi connectivity index (χ3v) is 9.04. The van der Waals surface area contributed by atoms with Crippen molar-refractivity contribution in [3.05, 3.63) is 53.7 Å². The van der Waals surface area contributed by atoms with E-state index < -0.39 is 0 Å². The minimum Gasteiger partial charge on any atom is -0.364 e. The number of allylic oxidation sites excluding steroid dienone is 2. The number of anilines is 1. The number of nitrogens with one attached hydrogen (secondary N) is 1. The fraction of sp³-hybridized carbons (Fsp3) is 0.538. The van der Waals surface area contributed by atoms with Gasteiger partial charge >= 0.3 is 0 Å². The number of nitrogens with zero attached hydrogens (tertiary/aromatic N) is 2. The van der Waals surface area contributed by atoms with Crippen molar-refractivity contribution < 1.29 is 4.79 Å². The van der Waals surface area contributed by atoms with Crippen LogP contribution < -0.4 is 5.32 Å². The highest BCUT2D eigenvalue weighted by Crippen LogP contribution is 2.61. The normalized spacial score (nSPS) is 37.2. The molecule has 0 saturated heterocycles. The molecule has 1 N–H and O–H groups in total. The van der Waals surface area contributed by atoms with Gasteiger partial charge in [0.15, 0.2) is 5.78 Å². The standard InChI is InChI=1S/C26H31N3O/c1-25-12-10-20(30)15-18(25)8-9-21-22(25)11-13-26(2)23(21)14-17-16-27-29(24(17)28-26)19-6-4-3-5-7-19/h3-7,15-16,21-23,28H,8-14H2,1-2H3/t21-,22?,23?,25+,26+/m1/s1. The van der Waals surface area contributed by atoms with Gasteiger partial charge in [-0.05, 0) is 86.8 Å². The first-order chi connectivity index (χ1) is 14.5. The Balaban J connectivity index is 1.36. The number of ketones is 1. The Morgan fingerprint density at radius 1 is 1.07 bits per heavy atom. The molecule has 0 amide bonds. The second-order valence-corrected chi connectivity index (χ2v) is 10.5. The van der Waals surface area contributed by atoms with Crippen LogP contribution in [-0.4, -0.2) is 21.1 Å². The molecule has 2 heterocycles. The quantitative estimate of drug-likeness (QED) is 0.702. The van der Waals surface area contributed by atoms with Gasteiger partial charge in [0.1, 0.15) is 5.82 Å². The van der Waals surface area contributed by atoms with E-state index in [2.05, 4.69) is 60.4 Å². The van der Waals surface area contributed by atoms with E-state index in [1.54, 1.807) is 0 Å². The van der Waals surface area contributed by atoms with Gasteiger partial charge in [-0.15, -0.1) is 0 Å². The number of para-hydroxylation sites is 1. The first-order valence-corrected chi connectivity index (χ1v) is 11.6. The molecule has 4 heteroatoms. The summed E-state index contributed by atoms with van der Waals surface area (Å²) in [5, 5.41) is 8.73. The van der Waals surface area contributed by atoms with Crippen LogP contribution in [0.3, 0.4) is 0 Å². The number of carbonyl (C=O) groups excluding carboxylic acids is 1. The summed E-state index contributed by atoms with van der Waals surface area (Å²) in [7, 11) is 0. The predicted molar refractivity (Wildman–Crippen MR) is 119 cm³/mol. The van der Waals surface area contributed by atoms with E-state index in [4.69, 9.17) is 5.10 Å². The molecule has 0 bridgehead atoms. The monoisotopic (exact) mass is 401 g/mol. The molecular formula is C26H31N3O. The highest BCUT2D eigenvalue weighted by molar-refractivity contribution is 5.91. The Morgan fingerprint density at radius 3 is 2.73 bits per heavy atom. The summed E-state index contributed by atoms with van der Waals surface area (Å²) in [5.74, 6) is 3.59. The number of carbonyl (C=O) groups is 1. The molecule has 30 heavy (non-hydrogen) atoms. The zero-order chi connectivity index (χ0) is 20.5. The fourth-order valence-corrected chi connectivity index (χ4v) is 7.35. The Labute approximate surface area is 178 Å². The fourth-order valence-electron chi connectivity index (χ4n) is 7.35. The van der Waals surface area contributed by atoms with Crippen molar-refractivity contribution in [2.24, 2.45) is 23.2 Å².